The fourth-order valence-corrected chi connectivity index (χ4v) is 3.16. The molecule has 0 bridgehead atoms. The summed E-state index contributed by atoms with van der Waals surface area (Å²) in [5.41, 5.74) is 6.53. The molecular weight excluding hydrogens is 304 g/mol. The van der Waals surface area contributed by atoms with Crippen LogP contribution in [0.3, 0.4) is 0 Å². The fraction of sp³-hybridized carbons (Fsp3) is 0.556. The van der Waals surface area contributed by atoms with E-state index in [0.29, 0.717) is 18.2 Å². The van der Waals surface area contributed by atoms with Crippen LogP contribution in [0.25, 0.3) is 0 Å². The van der Waals surface area contributed by atoms with E-state index < -0.39 is 12.1 Å². The summed E-state index contributed by atoms with van der Waals surface area (Å²) in [4.78, 5) is 24.3. The van der Waals surface area contributed by atoms with Crippen LogP contribution in [0.2, 0.25) is 0 Å². The molecule has 0 radical (unpaired) electrons. The number of para-hydroxylation sites is 1. The third kappa shape index (κ3) is 5.53. The summed E-state index contributed by atoms with van der Waals surface area (Å²) in [5.74, 6) is 0.247. The first-order valence-electron chi connectivity index (χ1n) is 8.73. The Labute approximate surface area is 143 Å². The number of amides is 3. The Hall–Kier alpha value is -2.08. The van der Waals surface area contributed by atoms with Gasteiger partial charge in [0.1, 0.15) is 6.04 Å². The highest BCUT2D eigenvalue weighted by Crippen LogP contribution is 2.26. The predicted octanol–water partition coefficient (Wildman–Crippen LogP) is 2.22. The Morgan fingerprint density at radius 2 is 1.79 bits per heavy atom. The normalized spacial score (nSPS) is 17.6. The maximum atomic E-state index is 12.3. The van der Waals surface area contributed by atoms with Crippen molar-refractivity contribution in [1.82, 2.24) is 10.6 Å². The third-order valence-electron chi connectivity index (χ3n) is 4.57. The van der Waals surface area contributed by atoms with Crippen molar-refractivity contribution in [3.63, 3.8) is 0 Å². The zero-order valence-corrected chi connectivity index (χ0v) is 14.3. The lowest BCUT2D eigenvalue weighted by molar-refractivity contribution is -0.123. The smallest absolute Gasteiger partial charge is 0.319 e. The molecule has 1 aliphatic rings. The van der Waals surface area contributed by atoms with E-state index in [-0.39, 0.29) is 11.9 Å². The van der Waals surface area contributed by atoms with Gasteiger partial charge in [-0.3, -0.25) is 4.79 Å². The third-order valence-corrected chi connectivity index (χ3v) is 4.57. The van der Waals surface area contributed by atoms with Crippen LogP contribution in [0.15, 0.2) is 30.3 Å². The van der Waals surface area contributed by atoms with Crippen molar-refractivity contribution in [3.05, 3.63) is 30.3 Å². The molecule has 24 heavy (non-hydrogen) atoms. The second-order valence-electron chi connectivity index (χ2n) is 6.44. The summed E-state index contributed by atoms with van der Waals surface area (Å²) in [5, 5.41) is 8.36. The van der Waals surface area contributed by atoms with Gasteiger partial charge in [-0.15, -0.1) is 0 Å². The topological polar surface area (TPSA) is 96.2 Å². The highest BCUT2D eigenvalue weighted by Gasteiger charge is 2.26. The zero-order valence-electron chi connectivity index (χ0n) is 14.3. The molecule has 0 aliphatic heterocycles. The maximum Gasteiger partial charge on any atom is 0.319 e. The van der Waals surface area contributed by atoms with Gasteiger partial charge in [0, 0.05) is 18.3 Å². The lowest BCUT2D eigenvalue weighted by Crippen LogP contribution is -2.53. The molecule has 2 atom stereocenters. The number of hydrogen-bond donors (Lipinski definition) is 4. The van der Waals surface area contributed by atoms with Gasteiger partial charge in [0.05, 0.1) is 0 Å². The summed E-state index contributed by atoms with van der Waals surface area (Å²) in [6.45, 7) is 2.10. The number of hydrogen-bond acceptors (Lipinski definition) is 3. The molecule has 132 valence electrons. The van der Waals surface area contributed by atoms with Crippen LogP contribution in [0.1, 0.15) is 39.0 Å². The summed E-state index contributed by atoms with van der Waals surface area (Å²) in [6, 6.07) is 8.09. The largest absolute Gasteiger partial charge is 0.350 e. The molecule has 1 fully saturated rings. The van der Waals surface area contributed by atoms with Gasteiger partial charge in [-0.25, -0.2) is 4.79 Å². The number of rotatable bonds is 6. The highest BCUT2D eigenvalue weighted by molar-refractivity contribution is 5.93. The molecule has 5 N–H and O–H groups in total. The first-order chi connectivity index (χ1) is 11.6. The van der Waals surface area contributed by atoms with E-state index in [1.54, 1.807) is 19.1 Å². The van der Waals surface area contributed by atoms with Crippen LogP contribution in [-0.2, 0) is 4.79 Å². The Morgan fingerprint density at radius 1 is 1.12 bits per heavy atom. The number of carbonyl (C=O) groups is 2. The van der Waals surface area contributed by atoms with E-state index in [4.69, 9.17) is 5.73 Å². The van der Waals surface area contributed by atoms with E-state index in [9.17, 15) is 9.59 Å². The van der Waals surface area contributed by atoms with Gasteiger partial charge in [-0.2, -0.15) is 0 Å². The van der Waals surface area contributed by atoms with Gasteiger partial charge >= 0.3 is 6.03 Å². The SMILES string of the molecule is CC(NC(=O)Nc1ccccc1)C(=O)NC(CN)C1CCCCC1. The number of benzene rings is 1. The minimum atomic E-state index is -0.619. The predicted molar refractivity (Wildman–Crippen MR) is 95.6 cm³/mol. The van der Waals surface area contributed by atoms with Gasteiger partial charge in [-0.05, 0) is 37.8 Å². The summed E-state index contributed by atoms with van der Waals surface area (Å²) in [6.07, 6.45) is 5.88. The number of nitrogens with one attached hydrogen (secondary N) is 3. The van der Waals surface area contributed by atoms with E-state index in [0.717, 1.165) is 12.8 Å². The van der Waals surface area contributed by atoms with Gasteiger partial charge in [-0.1, -0.05) is 37.5 Å². The van der Waals surface area contributed by atoms with Gasteiger partial charge in [0.15, 0.2) is 0 Å². The van der Waals surface area contributed by atoms with Crippen molar-refractivity contribution in [2.75, 3.05) is 11.9 Å². The molecule has 6 heteroatoms. The van der Waals surface area contributed by atoms with Crippen LogP contribution >= 0.6 is 0 Å². The van der Waals surface area contributed by atoms with Gasteiger partial charge < -0.3 is 21.7 Å². The Morgan fingerprint density at radius 3 is 2.42 bits per heavy atom. The number of urea groups is 1. The summed E-state index contributed by atoms with van der Waals surface area (Å²) >= 11 is 0. The molecule has 0 saturated heterocycles. The van der Waals surface area contributed by atoms with Crippen LogP contribution in [0.4, 0.5) is 10.5 Å². The minimum absolute atomic E-state index is 0.0146. The Bertz CT molecular complexity index is 529. The lowest BCUT2D eigenvalue weighted by Gasteiger charge is -2.31. The molecule has 0 heterocycles. The van der Waals surface area contributed by atoms with E-state index in [1.165, 1.54) is 19.3 Å². The first-order valence-corrected chi connectivity index (χ1v) is 8.73. The van der Waals surface area contributed by atoms with Crippen LogP contribution in [0, 0.1) is 5.92 Å². The Kier molecular flexibility index (Phi) is 7.06. The molecule has 2 unspecified atom stereocenters. The number of carbonyl (C=O) groups excluding carboxylic acids is 2. The zero-order chi connectivity index (χ0) is 17.4. The van der Waals surface area contributed by atoms with E-state index >= 15 is 0 Å². The number of nitrogens with two attached hydrogens (primary N) is 1. The lowest BCUT2D eigenvalue weighted by atomic mass is 9.84. The average Bonchev–Trinajstić information content (AvgIpc) is 2.60. The van der Waals surface area contributed by atoms with Gasteiger partial charge in [0.25, 0.3) is 0 Å². The maximum absolute atomic E-state index is 12.3. The standard InChI is InChI=1S/C18H28N4O2/c1-13(20-18(24)21-15-10-6-3-7-11-15)17(23)22-16(12-19)14-8-4-2-5-9-14/h3,6-7,10-11,13-14,16H,2,4-5,8-9,12,19H2,1H3,(H,22,23)(H2,20,21,24). The molecule has 1 aliphatic carbocycles. The molecule has 3 amide bonds. The van der Waals surface area contributed by atoms with Crippen molar-refractivity contribution in [2.45, 2.75) is 51.1 Å². The van der Waals surface area contributed by atoms with Gasteiger partial charge in [0.2, 0.25) is 5.91 Å². The molecule has 6 nitrogen and oxygen atoms in total. The van der Waals surface area contributed by atoms with Crippen LogP contribution in [0.5, 0.6) is 0 Å². The number of anilines is 1. The Balaban J connectivity index is 1.81. The minimum Gasteiger partial charge on any atom is -0.350 e. The highest BCUT2D eigenvalue weighted by atomic mass is 16.2. The summed E-state index contributed by atoms with van der Waals surface area (Å²) < 4.78 is 0. The van der Waals surface area contributed by atoms with Crippen molar-refractivity contribution in [3.8, 4) is 0 Å². The van der Waals surface area contributed by atoms with E-state index in [1.807, 2.05) is 18.2 Å². The molecule has 1 aromatic carbocycles. The molecule has 1 aromatic rings. The quantitative estimate of drug-likeness (QED) is 0.643. The molecule has 0 aromatic heterocycles. The van der Waals surface area contributed by atoms with Crippen molar-refractivity contribution in [1.29, 1.82) is 0 Å². The molecule has 0 spiro atoms. The van der Waals surface area contributed by atoms with Crippen molar-refractivity contribution >= 4 is 17.6 Å². The second kappa shape index (κ2) is 9.27. The average molecular weight is 332 g/mol. The van der Waals surface area contributed by atoms with Crippen LogP contribution < -0.4 is 21.7 Å². The summed E-state index contributed by atoms with van der Waals surface area (Å²) in [7, 11) is 0. The van der Waals surface area contributed by atoms with E-state index in [2.05, 4.69) is 16.0 Å². The first kappa shape index (κ1) is 18.3. The molecule has 2 rings (SSSR count). The van der Waals surface area contributed by atoms with Crippen molar-refractivity contribution < 1.29 is 9.59 Å². The molecular formula is C18H28N4O2. The fourth-order valence-electron chi connectivity index (χ4n) is 3.16. The monoisotopic (exact) mass is 332 g/mol. The molecule has 1 saturated carbocycles. The van der Waals surface area contributed by atoms with Crippen LogP contribution in [-0.4, -0.2) is 30.6 Å². The second-order valence-corrected chi connectivity index (χ2v) is 6.44. The van der Waals surface area contributed by atoms with Crippen molar-refractivity contribution in [2.24, 2.45) is 11.7 Å².